The smallest absolute Gasteiger partial charge is 0.141 e. The molecule has 2 heteroatoms. The third-order valence-corrected chi connectivity index (χ3v) is 2.84. The summed E-state index contributed by atoms with van der Waals surface area (Å²) in [4.78, 5) is 11.0. The Morgan fingerprint density at radius 2 is 2.27 bits per heavy atom. The molecule has 0 amide bonds. The van der Waals surface area contributed by atoms with Gasteiger partial charge in [-0.2, -0.15) is 0 Å². The van der Waals surface area contributed by atoms with Gasteiger partial charge in [0.2, 0.25) is 0 Å². The summed E-state index contributed by atoms with van der Waals surface area (Å²) in [5.41, 5.74) is 0. The van der Waals surface area contributed by atoms with Gasteiger partial charge in [-0.3, -0.25) is 4.79 Å². The van der Waals surface area contributed by atoms with Crippen LogP contribution in [0.4, 0.5) is 0 Å². The van der Waals surface area contributed by atoms with E-state index in [-0.39, 0.29) is 12.0 Å². The summed E-state index contributed by atoms with van der Waals surface area (Å²) in [6.07, 6.45) is 2.28. The highest BCUT2D eigenvalue weighted by Crippen LogP contribution is 2.40. The summed E-state index contributed by atoms with van der Waals surface area (Å²) in [6.45, 7) is 4.31. The molecule has 1 aliphatic carbocycles. The van der Waals surface area contributed by atoms with Crippen LogP contribution in [-0.4, -0.2) is 18.0 Å². The van der Waals surface area contributed by atoms with Crippen molar-refractivity contribution in [3.63, 3.8) is 0 Å². The summed E-state index contributed by atoms with van der Waals surface area (Å²) < 4.78 is 5.67. The maximum atomic E-state index is 11.0. The lowest BCUT2D eigenvalue weighted by atomic mass is 9.79. The first-order chi connectivity index (χ1) is 5.18. The molecule has 0 aromatic carbocycles. The fourth-order valence-electron chi connectivity index (χ4n) is 1.92. The van der Waals surface area contributed by atoms with E-state index in [1.807, 2.05) is 0 Å². The van der Waals surface area contributed by atoms with Crippen LogP contribution >= 0.6 is 0 Å². The third-order valence-electron chi connectivity index (χ3n) is 2.84. The second-order valence-corrected chi connectivity index (χ2v) is 3.97. The number of ketones is 1. The van der Waals surface area contributed by atoms with Crippen molar-refractivity contribution in [2.24, 2.45) is 11.8 Å². The zero-order valence-electron chi connectivity index (χ0n) is 7.04. The van der Waals surface area contributed by atoms with Crippen LogP contribution in [0.3, 0.4) is 0 Å². The molecule has 0 aromatic rings. The van der Waals surface area contributed by atoms with Crippen LogP contribution < -0.4 is 0 Å². The van der Waals surface area contributed by atoms with Gasteiger partial charge in [-0.1, -0.05) is 13.8 Å². The van der Waals surface area contributed by atoms with Gasteiger partial charge < -0.3 is 4.74 Å². The van der Waals surface area contributed by atoms with E-state index in [0.717, 1.165) is 6.42 Å². The number of fused-ring (bicyclic) bond motifs is 1. The molecular formula is C9H14O2. The van der Waals surface area contributed by atoms with E-state index in [1.165, 1.54) is 0 Å². The summed E-state index contributed by atoms with van der Waals surface area (Å²) in [5, 5.41) is 0. The Labute approximate surface area is 66.9 Å². The van der Waals surface area contributed by atoms with Crippen LogP contribution in [0.1, 0.15) is 26.7 Å². The normalized spacial score (nSPS) is 42.5. The van der Waals surface area contributed by atoms with Crippen LogP contribution in [0, 0.1) is 11.8 Å². The molecule has 1 saturated carbocycles. The molecule has 0 bridgehead atoms. The van der Waals surface area contributed by atoms with Crippen molar-refractivity contribution in [3.8, 4) is 0 Å². The largest absolute Gasteiger partial charge is 0.373 e. The highest BCUT2D eigenvalue weighted by Gasteiger charge is 2.48. The van der Waals surface area contributed by atoms with Crippen LogP contribution in [0.2, 0.25) is 0 Å². The maximum Gasteiger partial charge on any atom is 0.141 e. The number of Topliss-reactive ketones (excluding diaryl/α,β-unsaturated/α-hetero) is 1. The minimum Gasteiger partial charge on any atom is -0.373 e. The fraction of sp³-hybridized carbons (Fsp3) is 0.889. The number of ether oxygens (including phenoxy) is 1. The van der Waals surface area contributed by atoms with Crippen LogP contribution in [-0.2, 0) is 9.53 Å². The Balaban J connectivity index is 1.98. The van der Waals surface area contributed by atoms with Crippen molar-refractivity contribution in [2.45, 2.75) is 38.9 Å². The van der Waals surface area contributed by atoms with E-state index >= 15 is 0 Å². The van der Waals surface area contributed by atoms with E-state index < -0.39 is 0 Å². The minimum absolute atomic E-state index is 0.266. The Hall–Kier alpha value is -0.370. The van der Waals surface area contributed by atoms with E-state index in [1.54, 1.807) is 0 Å². The van der Waals surface area contributed by atoms with Crippen molar-refractivity contribution in [3.05, 3.63) is 0 Å². The average Bonchev–Trinajstić information content (AvgIpc) is 2.26. The Morgan fingerprint density at radius 1 is 1.55 bits per heavy atom. The van der Waals surface area contributed by atoms with Gasteiger partial charge in [0.05, 0.1) is 12.2 Å². The number of hydrogen-bond donors (Lipinski definition) is 0. The molecule has 0 radical (unpaired) electrons. The summed E-state index contributed by atoms with van der Waals surface area (Å²) in [5.74, 6) is 1.24. The molecule has 62 valence electrons. The van der Waals surface area contributed by atoms with Gasteiger partial charge in [0.25, 0.3) is 0 Å². The molecule has 1 aliphatic heterocycles. The number of carbonyl (C=O) groups is 1. The lowest BCUT2D eigenvalue weighted by Gasteiger charge is -2.26. The topological polar surface area (TPSA) is 26.3 Å². The molecule has 1 saturated heterocycles. The molecular weight excluding hydrogens is 140 g/mol. The number of rotatable bonds is 1. The highest BCUT2D eigenvalue weighted by atomic mass is 16.5. The third kappa shape index (κ3) is 1.00. The molecule has 0 aromatic heterocycles. The Bertz CT molecular complexity index is 186. The molecule has 1 heterocycles. The van der Waals surface area contributed by atoms with Crippen molar-refractivity contribution in [2.75, 3.05) is 0 Å². The van der Waals surface area contributed by atoms with Crippen LogP contribution in [0.25, 0.3) is 0 Å². The molecule has 2 rings (SSSR count). The highest BCUT2D eigenvalue weighted by molar-refractivity contribution is 5.88. The quantitative estimate of drug-likeness (QED) is 0.570. The van der Waals surface area contributed by atoms with Gasteiger partial charge in [0, 0.05) is 12.3 Å². The van der Waals surface area contributed by atoms with Gasteiger partial charge in [0.1, 0.15) is 5.78 Å². The van der Waals surface area contributed by atoms with E-state index in [0.29, 0.717) is 24.2 Å². The van der Waals surface area contributed by atoms with Crippen LogP contribution in [0.5, 0.6) is 0 Å². The van der Waals surface area contributed by atoms with Gasteiger partial charge in [-0.05, 0) is 12.3 Å². The van der Waals surface area contributed by atoms with Gasteiger partial charge in [-0.15, -0.1) is 0 Å². The summed E-state index contributed by atoms with van der Waals surface area (Å²) >= 11 is 0. The molecule has 2 aliphatic rings. The summed E-state index contributed by atoms with van der Waals surface area (Å²) in [7, 11) is 0. The molecule has 2 nitrogen and oxygen atoms in total. The first kappa shape index (κ1) is 7.29. The second kappa shape index (κ2) is 2.31. The lowest BCUT2D eigenvalue weighted by molar-refractivity contribution is -0.137. The standard InChI is InChI=1S/C9H14O2/c1-5(2)8-3-6-7(10)4-9(6)11-8/h5-6,8-9H,3-4H2,1-2H3. The van der Waals surface area contributed by atoms with Crippen LogP contribution in [0.15, 0.2) is 0 Å². The molecule has 0 spiro atoms. The maximum absolute atomic E-state index is 11.0. The van der Waals surface area contributed by atoms with Crippen molar-refractivity contribution < 1.29 is 9.53 Å². The van der Waals surface area contributed by atoms with Crippen molar-refractivity contribution in [1.29, 1.82) is 0 Å². The molecule has 0 N–H and O–H groups in total. The molecule has 2 fully saturated rings. The molecule has 11 heavy (non-hydrogen) atoms. The van der Waals surface area contributed by atoms with E-state index in [4.69, 9.17) is 4.74 Å². The Kier molecular flexibility index (Phi) is 1.53. The van der Waals surface area contributed by atoms with E-state index in [9.17, 15) is 4.79 Å². The number of carbonyl (C=O) groups excluding carboxylic acids is 1. The Morgan fingerprint density at radius 3 is 2.73 bits per heavy atom. The van der Waals surface area contributed by atoms with Crippen molar-refractivity contribution in [1.82, 2.24) is 0 Å². The molecule has 3 unspecified atom stereocenters. The number of hydrogen-bond acceptors (Lipinski definition) is 2. The van der Waals surface area contributed by atoms with Gasteiger partial charge in [-0.25, -0.2) is 0 Å². The lowest BCUT2D eigenvalue weighted by Crippen LogP contribution is -2.38. The first-order valence-corrected chi connectivity index (χ1v) is 4.36. The molecule has 3 atom stereocenters. The van der Waals surface area contributed by atoms with Crippen molar-refractivity contribution >= 4 is 5.78 Å². The zero-order chi connectivity index (χ0) is 8.01. The monoisotopic (exact) mass is 154 g/mol. The SMILES string of the molecule is CC(C)C1CC2C(=O)CC2O1. The second-order valence-electron chi connectivity index (χ2n) is 3.97. The average molecular weight is 154 g/mol. The summed E-state index contributed by atoms with van der Waals surface area (Å²) in [6, 6.07) is 0. The minimum atomic E-state index is 0.266. The fourth-order valence-corrected chi connectivity index (χ4v) is 1.92. The first-order valence-electron chi connectivity index (χ1n) is 4.36. The predicted octanol–water partition coefficient (Wildman–Crippen LogP) is 1.39. The van der Waals surface area contributed by atoms with E-state index in [2.05, 4.69) is 13.8 Å². The van der Waals surface area contributed by atoms with Gasteiger partial charge in [0.15, 0.2) is 0 Å². The zero-order valence-corrected chi connectivity index (χ0v) is 7.04. The van der Waals surface area contributed by atoms with Gasteiger partial charge >= 0.3 is 0 Å². The predicted molar refractivity (Wildman–Crippen MR) is 41.2 cm³/mol.